The monoisotopic (exact) mass is 269 g/mol. The third-order valence-electron chi connectivity index (χ3n) is 3.26. The van der Waals surface area contributed by atoms with Gasteiger partial charge in [0.15, 0.2) is 5.69 Å². The van der Waals surface area contributed by atoms with Crippen LogP contribution in [0.25, 0.3) is 4.85 Å². The third-order valence-corrected chi connectivity index (χ3v) is 3.26. The first-order valence-corrected chi connectivity index (χ1v) is 5.94. The van der Waals surface area contributed by atoms with Gasteiger partial charge >= 0.3 is 6.18 Å². The second kappa shape index (κ2) is 5.10. The van der Waals surface area contributed by atoms with Gasteiger partial charge < -0.3 is 9.80 Å². The first kappa shape index (κ1) is 13.7. The molecule has 1 aromatic rings. The molecule has 6 heteroatoms. The number of hydrogen-bond donors (Lipinski definition) is 0. The summed E-state index contributed by atoms with van der Waals surface area (Å²) in [6, 6.07) is 3.78. The van der Waals surface area contributed by atoms with Gasteiger partial charge in [-0.3, -0.25) is 0 Å². The molecule has 0 N–H and O–H groups in total. The van der Waals surface area contributed by atoms with E-state index in [4.69, 9.17) is 6.57 Å². The van der Waals surface area contributed by atoms with Crippen LogP contribution in [0.1, 0.15) is 5.56 Å². The van der Waals surface area contributed by atoms with E-state index in [0.29, 0.717) is 13.1 Å². The molecule has 1 aliphatic rings. The van der Waals surface area contributed by atoms with Crippen LogP contribution >= 0.6 is 0 Å². The maximum absolute atomic E-state index is 13.1. The molecule has 0 bridgehead atoms. The molecule has 1 heterocycles. The van der Waals surface area contributed by atoms with E-state index in [1.807, 2.05) is 7.05 Å². The van der Waals surface area contributed by atoms with E-state index in [1.54, 1.807) is 4.90 Å². The molecule has 3 nitrogen and oxygen atoms in total. The highest BCUT2D eigenvalue weighted by Gasteiger charge is 2.35. The van der Waals surface area contributed by atoms with Crippen LogP contribution in [-0.2, 0) is 6.18 Å². The van der Waals surface area contributed by atoms with Gasteiger partial charge in [-0.2, -0.15) is 13.2 Å². The summed E-state index contributed by atoms with van der Waals surface area (Å²) in [4.78, 5) is 6.88. The van der Waals surface area contributed by atoms with Crippen molar-refractivity contribution in [1.82, 2.24) is 4.90 Å². The lowest BCUT2D eigenvalue weighted by Gasteiger charge is -2.35. The molecule has 0 atom stereocenters. The van der Waals surface area contributed by atoms with Crippen LogP contribution in [0.15, 0.2) is 18.2 Å². The number of hydrogen-bond acceptors (Lipinski definition) is 2. The average Bonchev–Trinajstić information content (AvgIpc) is 2.38. The van der Waals surface area contributed by atoms with E-state index in [1.165, 1.54) is 12.1 Å². The highest BCUT2D eigenvalue weighted by Crippen LogP contribution is 2.39. The Morgan fingerprint density at radius 3 is 2.32 bits per heavy atom. The molecular weight excluding hydrogens is 255 g/mol. The van der Waals surface area contributed by atoms with Crippen molar-refractivity contribution >= 4 is 11.4 Å². The van der Waals surface area contributed by atoms with Crippen molar-refractivity contribution < 1.29 is 13.2 Å². The fourth-order valence-electron chi connectivity index (χ4n) is 2.14. The Balaban J connectivity index is 2.37. The average molecular weight is 269 g/mol. The highest BCUT2D eigenvalue weighted by molar-refractivity contribution is 5.62. The second-order valence-electron chi connectivity index (χ2n) is 4.60. The van der Waals surface area contributed by atoms with E-state index < -0.39 is 11.7 Å². The van der Waals surface area contributed by atoms with E-state index in [0.717, 1.165) is 19.2 Å². The smallest absolute Gasteiger partial charge is 0.369 e. The van der Waals surface area contributed by atoms with Crippen LogP contribution < -0.4 is 4.90 Å². The van der Waals surface area contributed by atoms with Crippen molar-refractivity contribution in [2.45, 2.75) is 6.18 Å². The first-order chi connectivity index (χ1) is 8.91. The van der Waals surface area contributed by atoms with Crippen LogP contribution in [-0.4, -0.2) is 38.1 Å². The molecule has 0 saturated carbocycles. The Morgan fingerprint density at radius 1 is 1.16 bits per heavy atom. The van der Waals surface area contributed by atoms with Gasteiger partial charge in [-0.25, -0.2) is 4.85 Å². The molecule has 1 fully saturated rings. The fraction of sp³-hybridized carbons (Fsp3) is 0.462. The minimum absolute atomic E-state index is 0.0187. The van der Waals surface area contributed by atoms with Gasteiger partial charge in [-0.1, -0.05) is 6.07 Å². The Bertz CT molecular complexity index is 497. The third kappa shape index (κ3) is 2.99. The van der Waals surface area contributed by atoms with Crippen LogP contribution in [0.2, 0.25) is 0 Å². The summed E-state index contributed by atoms with van der Waals surface area (Å²) in [7, 11) is 1.95. The van der Waals surface area contributed by atoms with Gasteiger partial charge in [0, 0.05) is 31.9 Å². The number of alkyl halides is 3. The van der Waals surface area contributed by atoms with Gasteiger partial charge in [-0.05, 0) is 19.2 Å². The molecule has 0 unspecified atom stereocenters. The lowest BCUT2D eigenvalue weighted by Crippen LogP contribution is -2.45. The number of piperazine rings is 1. The lowest BCUT2D eigenvalue weighted by atomic mass is 10.1. The summed E-state index contributed by atoms with van der Waals surface area (Å²) in [5, 5.41) is 0. The number of likely N-dealkylation sites (N-methyl/N-ethyl adjacent to an activating group) is 1. The molecule has 0 aliphatic carbocycles. The van der Waals surface area contributed by atoms with Crippen LogP contribution in [0, 0.1) is 6.57 Å². The molecule has 0 radical (unpaired) electrons. The fourth-order valence-corrected chi connectivity index (χ4v) is 2.14. The van der Waals surface area contributed by atoms with Crippen molar-refractivity contribution in [3.8, 4) is 0 Å². The van der Waals surface area contributed by atoms with E-state index in [-0.39, 0.29) is 11.4 Å². The maximum atomic E-state index is 13.1. The van der Waals surface area contributed by atoms with E-state index >= 15 is 0 Å². The van der Waals surface area contributed by atoms with Crippen LogP contribution in [0.5, 0.6) is 0 Å². The molecule has 1 aliphatic heterocycles. The number of nitrogens with zero attached hydrogens (tertiary/aromatic N) is 3. The summed E-state index contributed by atoms with van der Waals surface area (Å²) in [6.45, 7) is 9.43. The zero-order valence-electron chi connectivity index (χ0n) is 10.5. The molecule has 0 aromatic heterocycles. The van der Waals surface area contributed by atoms with Crippen LogP contribution in [0.4, 0.5) is 24.5 Å². The molecule has 0 spiro atoms. The molecule has 1 aromatic carbocycles. The molecule has 0 amide bonds. The van der Waals surface area contributed by atoms with Crippen LogP contribution in [0.3, 0.4) is 0 Å². The molecule has 2 rings (SSSR count). The summed E-state index contributed by atoms with van der Waals surface area (Å²) < 4.78 is 39.2. The summed E-state index contributed by atoms with van der Waals surface area (Å²) in [5.74, 6) is 0. The standard InChI is InChI=1S/C13H14F3N3/c1-17-10-3-4-12(11(9-10)13(14,15)16)19-7-5-18(2)6-8-19/h3-4,9H,5-8H2,2H3. The summed E-state index contributed by atoms with van der Waals surface area (Å²) in [6.07, 6.45) is -4.43. The second-order valence-corrected chi connectivity index (χ2v) is 4.60. The van der Waals surface area contributed by atoms with Gasteiger partial charge in [-0.15, -0.1) is 0 Å². The zero-order valence-corrected chi connectivity index (χ0v) is 10.5. The van der Waals surface area contributed by atoms with Gasteiger partial charge in [0.25, 0.3) is 0 Å². The summed E-state index contributed by atoms with van der Waals surface area (Å²) >= 11 is 0. The minimum Gasteiger partial charge on any atom is -0.369 e. The zero-order chi connectivity index (χ0) is 14.0. The van der Waals surface area contributed by atoms with Gasteiger partial charge in [0.2, 0.25) is 0 Å². The Labute approximate surface area is 110 Å². The molecule has 102 valence electrons. The predicted molar refractivity (Wildman–Crippen MR) is 67.4 cm³/mol. The van der Waals surface area contributed by atoms with Gasteiger partial charge in [0.05, 0.1) is 12.1 Å². The molecular formula is C13H14F3N3. The SMILES string of the molecule is [C-]#[N+]c1ccc(N2CCN(C)CC2)c(C(F)(F)F)c1. The minimum atomic E-state index is -4.43. The van der Waals surface area contributed by atoms with E-state index in [2.05, 4.69) is 9.74 Å². The Hall–Kier alpha value is -1.74. The van der Waals surface area contributed by atoms with Crippen molar-refractivity contribution in [2.24, 2.45) is 0 Å². The largest absolute Gasteiger partial charge is 0.417 e. The lowest BCUT2D eigenvalue weighted by molar-refractivity contribution is -0.137. The normalized spacial score (nSPS) is 17.3. The number of halogens is 3. The first-order valence-electron chi connectivity index (χ1n) is 5.94. The topological polar surface area (TPSA) is 10.8 Å². The van der Waals surface area contributed by atoms with Gasteiger partial charge in [0.1, 0.15) is 0 Å². The quantitative estimate of drug-likeness (QED) is 0.726. The highest BCUT2D eigenvalue weighted by atomic mass is 19.4. The summed E-state index contributed by atoms with van der Waals surface area (Å²) in [5.41, 5.74) is -0.524. The maximum Gasteiger partial charge on any atom is 0.417 e. The number of rotatable bonds is 1. The Kier molecular flexibility index (Phi) is 3.67. The predicted octanol–water partition coefficient (Wildman–Crippen LogP) is 3.01. The number of anilines is 1. The van der Waals surface area contributed by atoms with Crippen molar-refractivity contribution in [2.75, 3.05) is 38.1 Å². The molecule has 19 heavy (non-hydrogen) atoms. The number of benzene rings is 1. The van der Waals surface area contributed by atoms with E-state index in [9.17, 15) is 13.2 Å². The van der Waals surface area contributed by atoms with Crippen molar-refractivity contribution in [1.29, 1.82) is 0 Å². The Morgan fingerprint density at radius 2 is 1.79 bits per heavy atom. The van der Waals surface area contributed by atoms with Crippen molar-refractivity contribution in [3.05, 3.63) is 35.2 Å². The van der Waals surface area contributed by atoms with Crippen molar-refractivity contribution in [3.63, 3.8) is 0 Å². The molecule has 1 saturated heterocycles.